The number of halogens is 1. The Hall–Kier alpha value is -3.92. The highest BCUT2D eigenvalue weighted by Gasteiger charge is 2.36. The number of aryl methyl sites for hydroxylation is 1. The van der Waals surface area contributed by atoms with E-state index < -0.39 is 11.9 Å². The van der Waals surface area contributed by atoms with Crippen LogP contribution in [0.3, 0.4) is 0 Å². The summed E-state index contributed by atoms with van der Waals surface area (Å²) in [6, 6.07) is 12.6. The van der Waals surface area contributed by atoms with Gasteiger partial charge in [0.05, 0.1) is 6.26 Å². The number of benzene rings is 1. The fraction of sp³-hybridized carbons (Fsp3) is 0.320. The summed E-state index contributed by atoms with van der Waals surface area (Å²) in [5.74, 6) is 1.01. The van der Waals surface area contributed by atoms with Gasteiger partial charge in [-0.1, -0.05) is 24.4 Å². The van der Waals surface area contributed by atoms with Crippen LogP contribution >= 0.6 is 11.6 Å². The zero-order valence-electron chi connectivity index (χ0n) is 19.6. The van der Waals surface area contributed by atoms with Crippen LogP contribution in [0.4, 0.5) is 5.69 Å². The van der Waals surface area contributed by atoms with E-state index in [4.69, 9.17) is 20.4 Å². The molecule has 10 nitrogen and oxygen atoms in total. The van der Waals surface area contributed by atoms with Gasteiger partial charge in [-0.2, -0.15) is 4.80 Å². The van der Waals surface area contributed by atoms with Gasteiger partial charge in [-0.3, -0.25) is 14.5 Å². The van der Waals surface area contributed by atoms with Gasteiger partial charge in [0.15, 0.2) is 11.8 Å². The minimum Gasteiger partial charge on any atom is -0.467 e. The number of nitrogens with one attached hydrogen (secondary N) is 1. The molecule has 3 heterocycles. The standard InChI is InChI=1S/C25H25ClN6O4/c1-16-8-13-21(36-16)24-28-30-31(29-24)15-22(33)32(19-11-9-17(26)10-12-19)23(20-7-4-14-35-20)25(34)27-18-5-2-3-6-18/h4,7-14,18,23H,2-3,5-6,15H2,1H3,(H,27,34). The number of amides is 2. The zero-order valence-corrected chi connectivity index (χ0v) is 20.4. The maximum atomic E-state index is 13.7. The van der Waals surface area contributed by atoms with Crippen LogP contribution < -0.4 is 10.2 Å². The summed E-state index contributed by atoms with van der Waals surface area (Å²) in [5.41, 5.74) is 0.481. The third-order valence-corrected chi connectivity index (χ3v) is 6.34. The monoisotopic (exact) mass is 508 g/mol. The summed E-state index contributed by atoms with van der Waals surface area (Å²) in [4.78, 5) is 29.9. The van der Waals surface area contributed by atoms with E-state index in [9.17, 15) is 9.59 Å². The van der Waals surface area contributed by atoms with Crippen LogP contribution in [-0.2, 0) is 16.1 Å². The van der Waals surface area contributed by atoms with Gasteiger partial charge < -0.3 is 14.2 Å². The summed E-state index contributed by atoms with van der Waals surface area (Å²) < 4.78 is 11.2. The van der Waals surface area contributed by atoms with Crippen molar-refractivity contribution >= 4 is 29.1 Å². The van der Waals surface area contributed by atoms with Gasteiger partial charge >= 0.3 is 0 Å². The molecule has 3 aromatic heterocycles. The summed E-state index contributed by atoms with van der Waals surface area (Å²) >= 11 is 6.10. The summed E-state index contributed by atoms with van der Waals surface area (Å²) in [6.07, 6.45) is 5.41. The van der Waals surface area contributed by atoms with Crippen molar-refractivity contribution in [2.75, 3.05) is 4.90 Å². The molecule has 1 unspecified atom stereocenters. The fourth-order valence-corrected chi connectivity index (χ4v) is 4.50. The Bertz CT molecular complexity index is 1320. The van der Waals surface area contributed by atoms with Crippen molar-refractivity contribution in [3.63, 3.8) is 0 Å². The molecule has 186 valence electrons. The van der Waals surface area contributed by atoms with Gasteiger partial charge in [-0.25, -0.2) is 0 Å². The third kappa shape index (κ3) is 5.18. The van der Waals surface area contributed by atoms with Crippen LogP contribution in [0.5, 0.6) is 0 Å². The molecule has 0 radical (unpaired) electrons. The van der Waals surface area contributed by atoms with E-state index in [0.29, 0.717) is 28.0 Å². The molecule has 2 amide bonds. The van der Waals surface area contributed by atoms with Crippen molar-refractivity contribution in [2.24, 2.45) is 0 Å². The fourth-order valence-electron chi connectivity index (χ4n) is 4.37. The van der Waals surface area contributed by atoms with E-state index >= 15 is 0 Å². The maximum Gasteiger partial charge on any atom is 0.251 e. The highest BCUT2D eigenvalue weighted by molar-refractivity contribution is 6.30. The number of carbonyl (C=O) groups is 2. The van der Waals surface area contributed by atoms with E-state index in [1.165, 1.54) is 16.0 Å². The number of nitrogens with zero attached hydrogens (tertiary/aromatic N) is 5. The maximum absolute atomic E-state index is 13.7. The van der Waals surface area contributed by atoms with Crippen molar-refractivity contribution in [3.05, 3.63) is 71.3 Å². The van der Waals surface area contributed by atoms with Crippen molar-refractivity contribution in [3.8, 4) is 11.6 Å². The van der Waals surface area contributed by atoms with Gasteiger partial charge in [0.1, 0.15) is 18.1 Å². The number of anilines is 1. The van der Waals surface area contributed by atoms with E-state index in [1.807, 2.05) is 6.92 Å². The average molecular weight is 509 g/mol. The predicted octanol–water partition coefficient (Wildman–Crippen LogP) is 4.32. The quantitative estimate of drug-likeness (QED) is 0.376. The minimum absolute atomic E-state index is 0.0634. The van der Waals surface area contributed by atoms with Gasteiger partial charge in [0, 0.05) is 16.8 Å². The molecule has 5 rings (SSSR count). The normalized spacial score (nSPS) is 14.6. The summed E-state index contributed by atoms with van der Waals surface area (Å²) in [5, 5.41) is 15.9. The second-order valence-corrected chi connectivity index (χ2v) is 9.14. The first kappa shape index (κ1) is 23.8. The minimum atomic E-state index is -1.04. The first-order valence-corrected chi connectivity index (χ1v) is 12.1. The lowest BCUT2D eigenvalue weighted by Crippen LogP contribution is -2.47. The Morgan fingerprint density at radius 1 is 1.17 bits per heavy atom. The molecular weight excluding hydrogens is 484 g/mol. The molecule has 1 aliphatic carbocycles. The molecule has 1 N–H and O–H groups in total. The van der Waals surface area contributed by atoms with Crippen LogP contribution in [0, 0.1) is 6.92 Å². The molecule has 1 aliphatic rings. The largest absolute Gasteiger partial charge is 0.467 e. The molecule has 0 bridgehead atoms. The molecule has 1 fully saturated rings. The lowest BCUT2D eigenvalue weighted by Gasteiger charge is -2.30. The van der Waals surface area contributed by atoms with Crippen molar-refractivity contribution < 1.29 is 18.4 Å². The molecule has 1 atom stereocenters. The lowest BCUT2D eigenvalue weighted by atomic mass is 10.1. The molecule has 36 heavy (non-hydrogen) atoms. The zero-order chi connectivity index (χ0) is 25.1. The second-order valence-electron chi connectivity index (χ2n) is 8.70. The molecule has 0 spiro atoms. The molecular formula is C25H25ClN6O4. The topological polar surface area (TPSA) is 119 Å². The van der Waals surface area contributed by atoms with Crippen LogP contribution in [0.2, 0.25) is 5.02 Å². The van der Waals surface area contributed by atoms with Crippen LogP contribution in [-0.4, -0.2) is 38.1 Å². The van der Waals surface area contributed by atoms with Crippen LogP contribution in [0.25, 0.3) is 11.6 Å². The number of hydrogen-bond donors (Lipinski definition) is 1. The Labute approximate surface area is 212 Å². The number of aromatic nitrogens is 4. The van der Waals surface area contributed by atoms with E-state index in [0.717, 1.165) is 25.7 Å². The molecule has 4 aromatic rings. The van der Waals surface area contributed by atoms with Crippen molar-refractivity contribution in [1.82, 2.24) is 25.5 Å². The van der Waals surface area contributed by atoms with Gasteiger partial charge in [0.2, 0.25) is 5.82 Å². The van der Waals surface area contributed by atoms with Crippen LogP contribution in [0.1, 0.15) is 43.2 Å². The smallest absolute Gasteiger partial charge is 0.251 e. The van der Waals surface area contributed by atoms with Crippen LogP contribution in [0.15, 0.2) is 63.6 Å². The lowest BCUT2D eigenvalue weighted by molar-refractivity contribution is -0.128. The molecule has 0 aliphatic heterocycles. The van der Waals surface area contributed by atoms with E-state index in [2.05, 4.69) is 20.7 Å². The second kappa shape index (κ2) is 10.4. The molecule has 1 aromatic carbocycles. The number of tetrazole rings is 1. The van der Waals surface area contributed by atoms with Gasteiger partial charge in [0.25, 0.3) is 11.8 Å². The Kier molecular flexibility index (Phi) is 6.86. The number of furan rings is 2. The first-order valence-electron chi connectivity index (χ1n) is 11.7. The first-order chi connectivity index (χ1) is 17.5. The van der Waals surface area contributed by atoms with Crippen molar-refractivity contribution in [1.29, 1.82) is 0 Å². The van der Waals surface area contributed by atoms with Crippen molar-refractivity contribution in [2.45, 2.75) is 51.2 Å². The Morgan fingerprint density at radius 2 is 1.94 bits per heavy atom. The Morgan fingerprint density at radius 3 is 2.61 bits per heavy atom. The molecule has 11 heteroatoms. The summed E-state index contributed by atoms with van der Waals surface area (Å²) in [7, 11) is 0. The van der Waals surface area contributed by atoms with Gasteiger partial charge in [-0.05, 0) is 73.5 Å². The number of rotatable bonds is 8. The summed E-state index contributed by atoms with van der Waals surface area (Å²) in [6.45, 7) is 1.55. The highest BCUT2D eigenvalue weighted by atomic mass is 35.5. The number of hydrogen-bond acceptors (Lipinski definition) is 7. The van der Waals surface area contributed by atoms with E-state index in [1.54, 1.807) is 48.5 Å². The molecule has 0 saturated heterocycles. The Balaban J connectivity index is 1.47. The SMILES string of the molecule is Cc1ccc(-c2nnn(CC(=O)N(c3ccc(Cl)cc3)C(C(=O)NC3CCCC3)c3ccco3)n2)o1. The number of carbonyl (C=O) groups excluding carboxylic acids is 2. The average Bonchev–Trinajstić information content (AvgIpc) is 3.66. The predicted molar refractivity (Wildman–Crippen MR) is 131 cm³/mol. The molecule has 1 saturated carbocycles. The third-order valence-electron chi connectivity index (χ3n) is 6.08. The van der Waals surface area contributed by atoms with E-state index in [-0.39, 0.29) is 24.3 Å². The highest BCUT2D eigenvalue weighted by Crippen LogP contribution is 2.31. The van der Waals surface area contributed by atoms with Gasteiger partial charge in [-0.15, -0.1) is 10.2 Å².